The summed E-state index contributed by atoms with van der Waals surface area (Å²) in [6, 6.07) is 59.2. The number of nitrogens with zero attached hydrogens (tertiary/aromatic N) is 4. The van der Waals surface area contributed by atoms with Crippen LogP contribution in [-0.4, -0.2) is 19.5 Å². The first-order chi connectivity index (χ1) is 25.8. The molecule has 3 aromatic heterocycles. The molecule has 0 bridgehead atoms. The number of furan rings is 1. The van der Waals surface area contributed by atoms with Gasteiger partial charge in [0.15, 0.2) is 17.5 Å². The van der Waals surface area contributed by atoms with Gasteiger partial charge in [-0.2, -0.15) is 0 Å². The SMILES string of the molecule is c1ccc(-c2nc(-c3ccccc3)nc(-c3cc4oc5ccccc5c4c4ccc(-n5c6ccccc6c6cc7ccccc7cc65)cc34)n2)cc1. The van der Waals surface area contributed by atoms with Gasteiger partial charge in [-0.1, -0.05) is 127 Å². The van der Waals surface area contributed by atoms with Crippen molar-refractivity contribution in [2.75, 3.05) is 0 Å². The summed E-state index contributed by atoms with van der Waals surface area (Å²) in [5.74, 6) is 1.82. The fraction of sp³-hybridized carbons (Fsp3) is 0. The molecule has 0 atom stereocenters. The molecule has 0 aliphatic carbocycles. The Morgan fingerprint density at radius 2 is 1.00 bits per heavy atom. The van der Waals surface area contributed by atoms with Crippen molar-refractivity contribution in [3.8, 4) is 39.9 Å². The number of hydrogen-bond donors (Lipinski definition) is 0. The minimum Gasteiger partial charge on any atom is -0.456 e. The zero-order valence-corrected chi connectivity index (χ0v) is 27.9. The molecule has 0 aliphatic heterocycles. The Morgan fingerprint density at radius 1 is 0.385 bits per heavy atom. The highest BCUT2D eigenvalue weighted by Gasteiger charge is 2.21. The smallest absolute Gasteiger partial charge is 0.164 e. The van der Waals surface area contributed by atoms with Crippen molar-refractivity contribution in [2.24, 2.45) is 0 Å². The van der Waals surface area contributed by atoms with Crippen molar-refractivity contribution in [1.82, 2.24) is 19.5 Å². The van der Waals surface area contributed by atoms with Crippen LogP contribution in [0.2, 0.25) is 0 Å². The average Bonchev–Trinajstić information content (AvgIpc) is 3.75. The molecule has 0 saturated heterocycles. The Hall–Kier alpha value is -7.11. The normalized spacial score (nSPS) is 11.8. The van der Waals surface area contributed by atoms with Crippen LogP contribution in [0.3, 0.4) is 0 Å². The van der Waals surface area contributed by atoms with Crippen molar-refractivity contribution in [1.29, 1.82) is 0 Å². The van der Waals surface area contributed by atoms with Crippen LogP contribution >= 0.6 is 0 Å². The van der Waals surface area contributed by atoms with Gasteiger partial charge in [-0.15, -0.1) is 0 Å². The molecule has 5 nitrogen and oxygen atoms in total. The second kappa shape index (κ2) is 11.2. The zero-order valence-electron chi connectivity index (χ0n) is 27.9. The van der Waals surface area contributed by atoms with E-state index in [-0.39, 0.29) is 0 Å². The van der Waals surface area contributed by atoms with E-state index < -0.39 is 0 Å². The predicted molar refractivity (Wildman–Crippen MR) is 213 cm³/mol. The van der Waals surface area contributed by atoms with Crippen LogP contribution in [0.5, 0.6) is 0 Å². The van der Waals surface area contributed by atoms with Gasteiger partial charge in [-0.25, -0.2) is 15.0 Å². The highest BCUT2D eigenvalue weighted by molar-refractivity contribution is 6.22. The van der Waals surface area contributed by atoms with Gasteiger partial charge < -0.3 is 8.98 Å². The number of hydrogen-bond acceptors (Lipinski definition) is 4. The van der Waals surface area contributed by atoms with Gasteiger partial charge in [0.2, 0.25) is 0 Å². The van der Waals surface area contributed by atoms with Crippen LogP contribution in [0.1, 0.15) is 0 Å². The Morgan fingerprint density at radius 3 is 1.75 bits per heavy atom. The van der Waals surface area contributed by atoms with Gasteiger partial charge in [0, 0.05) is 43.9 Å². The monoisotopic (exact) mass is 664 g/mol. The van der Waals surface area contributed by atoms with Crippen LogP contribution < -0.4 is 0 Å². The quantitative estimate of drug-likeness (QED) is 0.188. The van der Waals surface area contributed by atoms with Crippen molar-refractivity contribution < 1.29 is 4.42 Å². The zero-order chi connectivity index (χ0) is 34.2. The Balaban J connectivity index is 1.25. The van der Waals surface area contributed by atoms with Crippen molar-refractivity contribution >= 4 is 65.3 Å². The highest BCUT2D eigenvalue weighted by atomic mass is 16.3. The first-order valence-corrected chi connectivity index (χ1v) is 17.4. The maximum atomic E-state index is 6.53. The van der Waals surface area contributed by atoms with E-state index in [0.717, 1.165) is 66.1 Å². The standard InChI is InChI=1S/C47H28N4O/c1-3-13-29(14-4-1)45-48-46(30-15-5-2-6-16-30)50-47(49-45)39-28-43-44(36-20-10-12-22-42(36)52-43)35-24-23-33(27-37(35)39)51-40-21-11-9-19-34(40)38-25-31-17-7-8-18-32(31)26-41(38)51/h1-28H. The molecule has 242 valence electrons. The van der Waals surface area contributed by atoms with Crippen LogP contribution in [0, 0.1) is 0 Å². The van der Waals surface area contributed by atoms with E-state index in [2.05, 4.69) is 102 Å². The van der Waals surface area contributed by atoms with E-state index in [1.165, 1.54) is 21.5 Å². The molecule has 0 aliphatic rings. The summed E-state index contributed by atoms with van der Waals surface area (Å²) in [5.41, 5.74) is 7.75. The second-order valence-corrected chi connectivity index (χ2v) is 13.2. The lowest BCUT2D eigenvalue weighted by molar-refractivity contribution is 0.669. The molecular weight excluding hydrogens is 637 g/mol. The Kier molecular flexibility index (Phi) is 6.18. The lowest BCUT2D eigenvalue weighted by Gasteiger charge is -2.14. The molecule has 52 heavy (non-hydrogen) atoms. The molecule has 0 spiro atoms. The van der Waals surface area contributed by atoms with Crippen LogP contribution in [0.15, 0.2) is 174 Å². The van der Waals surface area contributed by atoms with Gasteiger partial charge in [0.25, 0.3) is 0 Å². The minimum absolute atomic E-state index is 0.588. The van der Waals surface area contributed by atoms with Gasteiger partial charge in [0.05, 0.1) is 11.0 Å². The summed E-state index contributed by atoms with van der Waals surface area (Å²) < 4.78 is 8.92. The van der Waals surface area contributed by atoms with Crippen molar-refractivity contribution in [2.45, 2.75) is 0 Å². The number of fused-ring (bicyclic) bond motifs is 9. The van der Waals surface area contributed by atoms with E-state index in [1.807, 2.05) is 72.8 Å². The molecule has 0 fully saturated rings. The maximum Gasteiger partial charge on any atom is 0.164 e. The molecule has 0 radical (unpaired) electrons. The first kappa shape index (κ1) is 28.7. The molecular formula is C47H28N4O. The third kappa shape index (κ3) is 4.39. The number of rotatable bonds is 4. The summed E-state index contributed by atoms with van der Waals surface area (Å²) in [6.07, 6.45) is 0. The Bertz CT molecular complexity index is 3120. The molecule has 11 rings (SSSR count). The molecule has 0 amide bonds. The first-order valence-electron chi connectivity index (χ1n) is 17.4. The molecule has 0 unspecified atom stereocenters. The van der Waals surface area contributed by atoms with E-state index in [9.17, 15) is 0 Å². The largest absolute Gasteiger partial charge is 0.456 e. The summed E-state index contributed by atoms with van der Waals surface area (Å²) >= 11 is 0. The number of aromatic nitrogens is 4. The molecule has 5 heteroatoms. The van der Waals surface area contributed by atoms with Crippen molar-refractivity contribution in [3.63, 3.8) is 0 Å². The summed E-state index contributed by atoms with van der Waals surface area (Å²) in [7, 11) is 0. The molecule has 8 aromatic carbocycles. The predicted octanol–water partition coefficient (Wildman–Crippen LogP) is 12.2. The van der Waals surface area contributed by atoms with Gasteiger partial charge >= 0.3 is 0 Å². The summed E-state index contributed by atoms with van der Waals surface area (Å²) in [6.45, 7) is 0. The third-order valence-electron chi connectivity index (χ3n) is 10.2. The van der Waals surface area contributed by atoms with E-state index in [4.69, 9.17) is 19.4 Å². The molecule has 0 N–H and O–H groups in total. The van der Waals surface area contributed by atoms with Crippen LogP contribution in [0.25, 0.3) is 105 Å². The van der Waals surface area contributed by atoms with Gasteiger partial charge in [-0.05, 0) is 64.0 Å². The second-order valence-electron chi connectivity index (χ2n) is 13.2. The van der Waals surface area contributed by atoms with E-state index >= 15 is 0 Å². The third-order valence-corrected chi connectivity index (χ3v) is 10.2. The van der Waals surface area contributed by atoms with E-state index in [1.54, 1.807) is 0 Å². The van der Waals surface area contributed by atoms with Gasteiger partial charge in [0.1, 0.15) is 11.2 Å². The van der Waals surface area contributed by atoms with Crippen LogP contribution in [0.4, 0.5) is 0 Å². The highest BCUT2D eigenvalue weighted by Crippen LogP contribution is 2.42. The number of para-hydroxylation sites is 2. The maximum absolute atomic E-state index is 6.53. The average molecular weight is 665 g/mol. The molecule has 3 heterocycles. The lowest BCUT2D eigenvalue weighted by Crippen LogP contribution is -2.01. The summed E-state index contributed by atoms with van der Waals surface area (Å²) in [5, 5.41) is 9.15. The van der Waals surface area contributed by atoms with Crippen molar-refractivity contribution in [3.05, 3.63) is 170 Å². The van der Waals surface area contributed by atoms with E-state index in [0.29, 0.717) is 17.5 Å². The fourth-order valence-electron chi connectivity index (χ4n) is 7.81. The minimum atomic E-state index is 0.588. The fourth-order valence-corrected chi connectivity index (χ4v) is 7.81. The van der Waals surface area contributed by atoms with Gasteiger partial charge in [-0.3, -0.25) is 0 Å². The molecule has 11 aromatic rings. The van der Waals surface area contributed by atoms with Crippen LogP contribution in [-0.2, 0) is 0 Å². The lowest BCUT2D eigenvalue weighted by atomic mass is 9.97. The Labute approximate surface area is 298 Å². The summed E-state index contributed by atoms with van der Waals surface area (Å²) in [4.78, 5) is 15.3. The topological polar surface area (TPSA) is 56.7 Å². The molecule has 0 saturated carbocycles. The number of benzene rings is 8.